The van der Waals surface area contributed by atoms with Gasteiger partial charge in [-0.2, -0.15) is 5.10 Å². The highest BCUT2D eigenvalue weighted by Crippen LogP contribution is 2.29. The highest BCUT2D eigenvalue weighted by molar-refractivity contribution is 5.32. The fourth-order valence-corrected chi connectivity index (χ4v) is 3.42. The molecule has 1 N–H and O–H groups in total. The predicted molar refractivity (Wildman–Crippen MR) is 84.2 cm³/mol. The molecule has 1 heterocycles. The van der Waals surface area contributed by atoms with Gasteiger partial charge in [0.2, 0.25) is 0 Å². The normalized spacial score (nSPS) is 16.1. The molecule has 112 valence electrons. The van der Waals surface area contributed by atoms with Crippen LogP contribution in [0.25, 0.3) is 0 Å². The van der Waals surface area contributed by atoms with Crippen LogP contribution in [0.1, 0.15) is 30.3 Å². The minimum atomic E-state index is 0.456. The summed E-state index contributed by atoms with van der Waals surface area (Å²) in [6.07, 6.45) is 6.07. The molecule has 1 aliphatic carbocycles. The standard InChI is InChI=1S/C17H24N4/c1-3-8-21-17(19-12-20-21)11-16(18-2)15-9-13-6-4-5-7-14(13)10-15/h4-7,12,15-16,18H,3,8-11H2,1-2H3. The molecule has 4 heteroatoms. The average molecular weight is 284 g/mol. The lowest BCUT2D eigenvalue weighted by molar-refractivity contribution is 0.370. The summed E-state index contributed by atoms with van der Waals surface area (Å²) >= 11 is 0. The number of aryl methyl sites for hydroxylation is 1. The number of rotatable bonds is 6. The monoisotopic (exact) mass is 284 g/mol. The summed E-state index contributed by atoms with van der Waals surface area (Å²) in [6, 6.07) is 9.28. The fraction of sp³-hybridized carbons (Fsp3) is 0.529. The summed E-state index contributed by atoms with van der Waals surface area (Å²) < 4.78 is 2.05. The average Bonchev–Trinajstić information content (AvgIpc) is 3.11. The molecular formula is C17H24N4. The molecule has 2 aromatic rings. The van der Waals surface area contributed by atoms with Crippen molar-refractivity contribution in [3.05, 3.63) is 47.5 Å². The molecule has 1 unspecified atom stereocenters. The molecule has 1 atom stereocenters. The Morgan fingerprint density at radius 3 is 2.62 bits per heavy atom. The van der Waals surface area contributed by atoms with Crippen LogP contribution in [-0.2, 0) is 25.8 Å². The van der Waals surface area contributed by atoms with Crippen LogP contribution >= 0.6 is 0 Å². The van der Waals surface area contributed by atoms with Gasteiger partial charge in [0.05, 0.1) is 0 Å². The number of likely N-dealkylation sites (N-methyl/N-ethyl adjacent to an activating group) is 1. The summed E-state index contributed by atoms with van der Waals surface area (Å²) in [4.78, 5) is 4.45. The Morgan fingerprint density at radius 2 is 2.00 bits per heavy atom. The zero-order chi connectivity index (χ0) is 14.7. The maximum absolute atomic E-state index is 4.45. The Balaban J connectivity index is 1.70. The van der Waals surface area contributed by atoms with Gasteiger partial charge in [0.15, 0.2) is 0 Å². The minimum Gasteiger partial charge on any atom is -0.316 e. The molecule has 1 aromatic heterocycles. The first-order valence-electron chi connectivity index (χ1n) is 7.92. The van der Waals surface area contributed by atoms with Gasteiger partial charge in [-0.25, -0.2) is 4.98 Å². The zero-order valence-electron chi connectivity index (χ0n) is 12.9. The van der Waals surface area contributed by atoms with Gasteiger partial charge in [-0.3, -0.25) is 4.68 Å². The van der Waals surface area contributed by atoms with Crippen LogP contribution in [0.3, 0.4) is 0 Å². The van der Waals surface area contributed by atoms with Gasteiger partial charge in [0.1, 0.15) is 12.2 Å². The van der Waals surface area contributed by atoms with Crippen LogP contribution in [-0.4, -0.2) is 27.9 Å². The van der Waals surface area contributed by atoms with Crippen molar-refractivity contribution in [3.8, 4) is 0 Å². The van der Waals surface area contributed by atoms with Crippen molar-refractivity contribution in [1.82, 2.24) is 20.1 Å². The van der Waals surface area contributed by atoms with E-state index in [0.29, 0.717) is 12.0 Å². The maximum Gasteiger partial charge on any atom is 0.138 e. The number of nitrogens with one attached hydrogen (secondary N) is 1. The summed E-state index contributed by atoms with van der Waals surface area (Å²) in [5, 5.41) is 7.84. The van der Waals surface area contributed by atoms with Crippen LogP contribution < -0.4 is 5.32 Å². The fourth-order valence-electron chi connectivity index (χ4n) is 3.42. The van der Waals surface area contributed by atoms with Gasteiger partial charge in [0, 0.05) is 19.0 Å². The Hall–Kier alpha value is -1.68. The molecule has 0 amide bonds. The highest BCUT2D eigenvalue weighted by atomic mass is 15.3. The van der Waals surface area contributed by atoms with E-state index in [1.807, 2.05) is 4.68 Å². The molecule has 1 aliphatic rings. The topological polar surface area (TPSA) is 42.7 Å². The van der Waals surface area contributed by atoms with E-state index in [2.05, 4.69) is 53.6 Å². The van der Waals surface area contributed by atoms with E-state index in [9.17, 15) is 0 Å². The van der Waals surface area contributed by atoms with Crippen LogP contribution in [0.15, 0.2) is 30.6 Å². The summed E-state index contributed by atoms with van der Waals surface area (Å²) in [7, 11) is 2.06. The molecule has 21 heavy (non-hydrogen) atoms. The Morgan fingerprint density at radius 1 is 1.29 bits per heavy atom. The Bertz CT molecular complexity index is 565. The summed E-state index contributed by atoms with van der Waals surface area (Å²) in [5.74, 6) is 1.76. The number of fused-ring (bicyclic) bond motifs is 1. The largest absolute Gasteiger partial charge is 0.316 e. The second kappa shape index (κ2) is 6.39. The molecule has 0 bridgehead atoms. The smallest absolute Gasteiger partial charge is 0.138 e. The second-order valence-electron chi connectivity index (χ2n) is 5.94. The van der Waals surface area contributed by atoms with Crippen molar-refractivity contribution in [2.75, 3.05) is 7.05 Å². The van der Waals surface area contributed by atoms with Crippen molar-refractivity contribution in [3.63, 3.8) is 0 Å². The van der Waals surface area contributed by atoms with E-state index in [4.69, 9.17) is 0 Å². The molecule has 4 nitrogen and oxygen atoms in total. The third-order valence-electron chi connectivity index (χ3n) is 4.56. The van der Waals surface area contributed by atoms with E-state index < -0.39 is 0 Å². The van der Waals surface area contributed by atoms with Gasteiger partial charge in [-0.1, -0.05) is 31.2 Å². The lowest BCUT2D eigenvalue weighted by Crippen LogP contribution is -2.37. The van der Waals surface area contributed by atoms with Crippen molar-refractivity contribution >= 4 is 0 Å². The van der Waals surface area contributed by atoms with Crippen molar-refractivity contribution in [2.24, 2.45) is 5.92 Å². The third-order valence-corrected chi connectivity index (χ3v) is 4.56. The molecule has 0 aliphatic heterocycles. The van der Waals surface area contributed by atoms with Gasteiger partial charge < -0.3 is 5.32 Å². The van der Waals surface area contributed by atoms with Crippen molar-refractivity contribution in [1.29, 1.82) is 0 Å². The van der Waals surface area contributed by atoms with E-state index >= 15 is 0 Å². The lowest BCUT2D eigenvalue weighted by atomic mass is 9.94. The van der Waals surface area contributed by atoms with Crippen molar-refractivity contribution < 1.29 is 0 Å². The molecule has 0 saturated carbocycles. The van der Waals surface area contributed by atoms with Gasteiger partial charge in [0.25, 0.3) is 0 Å². The van der Waals surface area contributed by atoms with Gasteiger partial charge in [-0.05, 0) is 43.4 Å². The van der Waals surface area contributed by atoms with E-state index in [1.54, 1.807) is 6.33 Å². The first-order valence-corrected chi connectivity index (χ1v) is 7.92. The third kappa shape index (κ3) is 3.00. The zero-order valence-corrected chi connectivity index (χ0v) is 12.9. The number of aromatic nitrogens is 3. The van der Waals surface area contributed by atoms with E-state index in [1.165, 1.54) is 24.0 Å². The van der Waals surface area contributed by atoms with Gasteiger partial charge >= 0.3 is 0 Å². The molecule has 0 fully saturated rings. The van der Waals surface area contributed by atoms with Crippen LogP contribution in [0, 0.1) is 5.92 Å². The van der Waals surface area contributed by atoms with Crippen molar-refractivity contribution in [2.45, 2.75) is 45.2 Å². The maximum atomic E-state index is 4.45. The molecular weight excluding hydrogens is 260 g/mol. The van der Waals surface area contributed by atoms with Crippen LogP contribution in [0.5, 0.6) is 0 Å². The number of nitrogens with zero attached hydrogens (tertiary/aromatic N) is 3. The quantitative estimate of drug-likeness (QED) is 0.884. The minimum absolute atomic E-state index is 0.456. The van der Waals surface area contributed by atoms with Crippen LogP contribution in [0.4, 0.5) is 0 Å². The van der Waals surface area contributed by atoms with Crippen LogP contribution in [0.2, 0.25) is 0 Å². The molecule has 3 rings (SSSR count). The van der Waals surface area contributed by atoms with E-state index in [0.717, 1.165) is 25.2 Å². The predicted octanol–water partition coefficient (Wildman–Crippen LogP) is 2.23. The highest BCUT2D eigenvalue weighted by Gasteiger charge is 2.28. The first-order chi connectivity index (χ1) is 10.3. The Labute approximate surface area is 126 Å². The lowest BCUT2D eigenvalue weighted by Gasteiger charge is -2.22. The molecule has 0 radical (unpaired) electrons. The number of benzene rings is 1. The Kier molecular flexibility index (Phi) is 4.34. The molecule has 0 spiro atoms. The summed E-state index contributed by atoms with van der Waals surface area (Å²) in [6.45, 7) is 3.13. The summed E-state index contributed by atoms with van der Waals surface area (Å²) in [5.41, 5.74) is 3.02. The van der Waals surface area contributed by atoms with Gasteiger partial charge in [-0.15, -0.1) is 0 Å². The number of hydrogen-bond donors (Lipinski definition) is 1. The number of hydrogen-bond acceptors (Lipinski definition) is 3. The second-order valence-corrected chi connectivity index (χ2v) is 5.94. The van der Waals surface area contributed by atoms with E-state index in [-0.39, 0.29) is 0 Å². The molecule has 1 aromatic carbocycles. The molecule has 0 saturated heterocycles. The first kappa shape index (κ1) is 14.3. The SMILES string of the molecule is CCCn1ncnc1CC(NC)C1Cc2ccccc2C1.